The van der Waals surface area contributed by atoms with E-state index in [-0.39, 0.29) is 24.8 Å². The third-order valence-corrected chi connectivity index (χ3v) is 11.1. The van der Waals surface area contributed by atoms with Crippen LogP contribution in [0.5, 0.6) is 17.2 Å². The molecule has 2 aliphatic heterocycles. The van der Waals surface area contributed by atoms with Gasteiger partial charge in [0.2, 0.25) is 11.8 Å². The average Bonchev–Trinajstić information content (AvgIpc) is 3.78. The number of aromatic nitrogens is 1. The van der Waals surface area contributed by atoms with Crippen LogP contribution in [0.1, 0.15) is 44.9 Å². The Hall–Kier alpha value is -6.36. The second kappa shape index (κ2) is 16.8. The molecule has 2 fully saturated rings. The fourth-order valence-corrected chi connectivity index (χ4v) is 7.92. The standard InChI is InChI=1S/C46H47N5O6/c1-55-35-24-25-37-40(26-35)48-39(31-16-8-5-9-17-31)28-42(37)56-36-27-41-43(52)49-46(45(54)50-57-34-21-13-7-14-22-34)29-32(46)18-10-3-2-4-15-23-38(44(53)51(41)30-36)47-33-19-11-6-12-20-33/h5-14,16-22,24-26,28,32,36,38,41,47H,2-4,15,23,27,29-30H2,1H3,(H,49,52)(H,50,54)/b18-10-/t32-,36-,38+,41+,46-/m1/s1. The number of hydrogen-bond acceptors (Lipinski definition) is 8. The molecule has 0 unspecified atom stereocenters. The van der Waals surface area contributed by atoms with Crippen molar-refractivity contribution in [1.29, 1.82) is 0 Å². The molecule has 11 heteroatoms. The second-order valence-corrected chi connectivity index (χ2v) is 15.0. The number of carbonyl (C=O) groups excluding carboxylic acids is 3. The highest BCUT2D eigenvalue weighted by Gasteiger charge is 2.61. The van der Waals surface area contributed by atoms with Crippen molar-refractivity contribution >= 4 is 34.3 Å². The van der Waals surface area contributed by atoms with Crippen LogP contribution >= 0.6 is 0 Å². The molecular formula is C46H47N5O6. The number of allylic oxidation sites excluding steroid dienone is 1. The van der Waals surface area contributed by atoms with E-state index < -0.39 is 35.5 Å². The van der Waals surface area contributed by atoms with E-state index in [0.717, 1.165) is 48.0 Å². The zero-order chi connectivity index (χ0) is 39.2. The summed E-state index contributed by atoms with van der Waals surface area (Å²) in [6, 6.07) is 34.6. The van der Waals surface area contributed by atoms with E-state index in [9.17, 15) is 14.4 Å². The summed E-state index contributed by atoms with van der Waals surface area (Å²) in [6.45, 7) is 0.171. The number of hydroxylamine groups is 1. The summed E-state index contributed by atoms with van der Waals surface area (Å²) in [6.07, 6.45) is 8.34. The number of methoxy groups -OCH3 is 1. The van der Waals surface area contributed by atoms with E-state index in [4.69, 9.17) is 19.3 Å². The van der Waals surface area contributed by atoms with Crippen LogP contribution in [0.4, 0.5) is 5.69 Å². The Labute approximate surface area is 332 Å². The van der Waals surface area contributed by atoms with Crippen LogP contribution in [0.3, 0.4) is 0 Å². The van der Waals surface area contributed by atoms with E-state index in [1.165, 1.54) is 0 Å². The maximum atomic E-state index is 14.8. The van der Waals surface area contributed by atoms with Crippen molar-refractivity contribution in [3.05, 3.63) is 127 Å². The van der Waals surface area contributed by atoms with Gasteiger partial charge in [0.25, 0.3) is 5.91 Å². The van der Waals surface area contributed by atoms with E-state index in [2.05, 4.69) is 22.2 Å². The largest absolute Gasteiger partial charge is 0.497 e. The molecule has 0 bridgehead atoms. The molecule has 1 aliphatic carbocycles. The lowest BCUT2D eigenvalue weighted by Gasteiger charge is -2.30. The molecule has 3 N–H and O–H groups in total. The van der Waals surface area contributed by atoms with Crippen LogP contribution in [0.15, 0.2) is 127 Å². The van der Waals surface area contributed by atoms with Crippen molar-refractivity contribution in [2.75, 3.05) is 19.0 Å². The molecule has 57 heavy (non-hydrogen) atoms. The van der Waals surface area contributed by atoms with Crippen molar-refractivity contribution in [3.8, 4) is 28.5 Å². The number of para-hydroxylation sites is 2. The lowest BCUT2D eigenvalue weighted by Crippen LogP contribution is -2.57. The molecule has 5 atom stereocenters. The molecule has 1 saturated heterocycles. The number of ether oxygens (including phenoxy) is 2. The van der Waals surface area contributed by atoms with E-state index >= 15 is 0 Å². The lowest BCUT2D eigenvalue weighted by atomic mass is 10.0. The van der Waals surface area contributed by atoms with Gasteiger partial charge in [-0.1, -0.05) is 91.7 Å². The van der Waals surface area contributed by atoms with Crippen molar-refractivity contribution in [1.82, 2.24) is 20.7 Å². The highest BCUT2D eigenvalue weighted by molar-refractivity contribution is 5.98. The van der Waals surface area contributed by atoms with Crippen LogP contribution in [-0.2, 0) is 14.4 Å². The van der Waals surface area contributed by atoms with Crippen molar-refractivity contribution < 1.29 is 28.7 Å². The van der Waals surface area contributed by atoms with E-state index in [1.807, 2.05) is 109 Å². The van der Waals surface area contributed by atoms with Crippen LogP contribution in [0.2, 0.25) is 0 Å². The first-order chi connectivity index (χ1) is 27.9. The molecule has 11 nitrogen and oxygen atoms in total. The highest BCUT2D eigenvalue weighted by atomic mass is 16.7. The summed E-state index contributed by atoms with van der Waals surface area (Å²) >= 11 is 0. The molecule has 0 spiro atoms. The van der Waals surface area contributed by atoms with Crippen LogP contribution < -0.4 is 30.4 Å². The quantitative estimate of drug-likeness (QED) is 0.106. The predicted molar refractivity (Wildman–Crippen MR) is 219 cm³/mol. The zero-order valence-corrected chi connectivity index (χ0v) is 31.9. The normalized spacial score (nSPS) is 24.1. The summed E-state index contributed by atoms with van der Waals surface area (Å²) < 4.78 is 12.4. The second-order valence-electron chi connectivity index (χ2n) is 15.0. The van der Waals surface area contributed by atoms with Gasteiger partial charge in [-0.2, -0.15) is 5.48 Å². The number of nitrogens with zero attached hydrogens (tertiary/aromatic N) is 2. The molecule has 292 valence electrons. The van der Waals surface area contributed by atoms with Gasteiger partial charge in [-0.05, 0) is 62.1 Å². The Morgan fingerprint density at radius 2 is 1.63 bits per heavy atom. The molecule has 3 aliphatic rings. The predicted octanol–water partition coefficient (Wildman–Crippen LogP) is 7.24. The number of amides is 3. The highest BCUT2D eigenvalue weighted by Crippen LogP contribution is 2.46. The van der Waals surface area contributed by atoms with Gasteiger partial charge in [-0.3, -0.25) is 14.4 Å². The van der Waals surface area contributed by atoms with E-state index in [1.54, 1.807) is 24.1 Å². The molecule has 0 radical (unpaired) electrons. The Bertz CT molecular complexity index is 2240. The zero-order valence-electron chi connectivity index (χ0n) is 31.9. The number of carbonyl (C=O) groups is 3. The third-order valence-electron chi connectivity index (χ3n) is 11.1. The third kappa shape index (κ3) is 8.42. The van der Waals surface area contributed by atoms with Gasteiger partial charge in [-0.15, -0.1) is 0 Å². The first kappa shape index (κ1) is 37.6. The maximum Gasteiger partial charge on any atom is 0.278 e. The Morgan fingerprint density at radius 1 is 0.877 bits per heavy atom. The molecule has 5 aromatic rings. The van der Waals surface area contributed by atoms with Gasteiger partial charge in [0.15, 0.2) is 5.75 Å². The van der Waals surface area contributed by atoms with Gasteiger partial charge in [0, 0.05) is 41.1 Å². The van der Waals surface area contributed by atoms with Crippen LogP contribution in [0, 0.1) is 5.92 Å². The maximum absolute atomic E-state index is 14.8. The molecular weight excluding hydrogens is 719 g/mol. The Kier molecular flexibility index (Phi) is 11.1. The Balaban J connectivity index is 1.12. The van der Waals surface area contributed by atoms with Gasteiger partial charge < -0.3 is 29.8 Å². The fraction of sp³-hybridized carbons (Fsp3) is 0.304. The molecule has 3 heterocycles. The first-order valence-electron chi connectivity index (χ1n) is 19.7. The molecule has 1 aromatic heterocycles. The number of pyridine rings is 1. The number of anilines is 1. The summed E-state index contributed by atoms with van der Waals surface area (Å²) in [5, 5.41) is 7.36. The minimum absolute atomic E-state index is 0.171. The van der Waals surface area contributed by atoms with Crippen LogP contribution in [-0.4, -0.2) is 65.0 Å². The number of rotatable bonds is 9. The summed E-state index contributed by atoms with van der Waals surface area (Å²) in [4.78, 5) is 55.6. The smallest absolute Gasteiger partial charge is 0.278 e. The molecule has 8 rings (SSSR count). The van der Waals surface area contributed by atoms with Crippen molar-refractivity contribution in [2.45, 2.75) is 68.7 Å². The van der Waals surface area contributed by atoms with Crippen molar-refractivity contribution in [3.63, 3.8) is 0 Å². The van der Waals surface area contributed by atoms with Gasteiger partial charge in [0.1, 0.15) is 35.2 Å². The van der Waals surface area contributed by atoms with Gasteiger partial charge in [0.05, 0.1) is 24.9 Å². The average molecular weight is 766 g/mol. The number of benzene rings is 4. The summed E-state index contributed by atoms with van der Waals surface area (Å²) in [5.41, 5.74) is 4.51. The van der Waals surface area contributed by atoms with Gasteiger partial charge >= 0.3 is 0 Å². The first-order valence-corrected chi connectivity index (χ1v) is 19.7. The fourth-order valence-electron chi connectivity index (χ4n) is 7.92. The van der Waals surface area contributed by atoms with Gasteiger partial charge in [-0.25, -0.2) is 4.98 Å². The van der Waals surface area contributed by atoms with Crippen LogP contribution in [0.25, 0.3) is 22.2 Å². The monoisotopic (exact) mass is 765 g/mol. The molecule has 3 amide bonds. The SMILES string of the molecule is COc1ccc2c(O[C@@H]3C[C@H]4C(=O)N[C@]5(C(=O)NOc6ccccc6)C[C@H]5/C=C\CCCCC[C@H](Nc5ccccc5)C(=O)N4C3)cc(-c3ccccc3)nc2c1. The Morgan fingerprint density at radius 3 is 2.40 bits per heavy atom. The number of nitrogens with one attached hydrogen (secondary N) is 3. The lowest BCUT2D eigenvalue weighted by molar-refractivity contribution is -0.141. The minimum atomic E-state index is -1.23. The molecule has 4 aromatic carbocycles. The van der Waals surface area contributed by atoms with Crippen molar-refractivity contribution in [2.24, 2.45) is 5.92 Å². The summed E-state index contributed by atoms with van der Waals surface area (Å²) in [7, 11) is 1.62. The summed E-state index contributed by atoms with van der Waals surface area (Å²) in [5.74, 6) is 0.444. The number of fused-ring (bicyclic) bond motifs is 3. The minimum Gasteiger partial charge on any atom is -0.497 e. The number of hydrogen-bond donors (Lipinski definition) is 3. The van der Waals surface area contributed by atoms with E-state index in [0.29, 0.717) is 35.6 Å². The molecule has 1 saturated carbocycles. The topological polar surface area (TPSA) is 131 Å².